The van der Waals surface area contributed by atoms with Gasteiger partial charge in [-0.2, -0.15) is 0 Å². The van der Waals surface area contributed by atoms with Crippen molar-refractivity contribution in [1.82, 2.24) is 14.5 Å². The third-order valence-electron chi connectivity index (χ3n) is 4.13. The van der Waals surface area contributed by atoms with E-state index < -0.39 is 0 Å². The second-order valence-electron chi connectivity index (χ2n) is 5.62. The van der Waals surface area contributed by atoms with Gasteiger partial charge in [-0.05, 0) is 31.2 Å². The number of carbonyl (C=O) groups is 1. The fourth-order valence-electron chi connectivity index (χ4n) is 2.75. The SMILES string of the molecule is CCn1ccnc1N1CCN(C(=O)COc2ccc(F)cc2)CC1.Cl. The van der Waals surface area contributed by atoms with E-state index in [0.717, 1.165) is 25.6 Å². The van der Waals surface area contributed by atoms with Crippen molar-refractivity contribution >= 4 is 24.3 Å². The van der Waals surface area contributed by atoms with Crippen molar-refractivity contribution in [2.45, 2.75) is 13.5 Å². The lowest BCUT2D eigenvalue weighted by Gasteiger charge is -2.35. The summed E-state index contributed by atoms with van der Waals surface area (Å²) in [5.74, 6) is 1.06. The van der Waals surface area contributed by atoms with Crippen LogP contribution in [-0.4, -0.2) is 53.1 Å². The first-order valence-electron chi connectivity index (χ1n) is 8.09. The Morgan fingerprint density at radius 3 is 2.52 bits per heavy atom. The molecule has 8 heteroatoms. The molecule has 0 aliphatic carbocycles. The fourth-order valence-corrected chi connectivity index (χ4v) is 2.75. The van der Waals surface area contributed by atoms with Crippen molar-refractivity contribution in [2.75, 3.05) is 37.7 Å². The fraction of sp³-hybridized carbons (Fsp3) is 0.412. The Balaban J connectivity index is 0.00000225. The molecule has 0 unspecified atom stereocenters. The van der Waals surface area contributed by atoms with E-state index in [1.54, 1.807) is 11.1 Å². The number of rotatable bonds is 5. The maximum Gasteiger partial charge on any atom is 0.260 e. The van der Waals surface area contributed by atoms with E-state index in [2.05, 4.69) is 21.4 Å². The molecular weight excluding hydrogens is 347 g/mol. The van der Waals surface area contributed by atoms with Gasteiger partial charge in [-0.3, -0.25) is 4.79 Å². The summed E-state index contributed by atoms with van der Waals surface area (Å²) in [6.07, 6.45) is 3.76. The molecule has 1 aromatic carbocycles. The highest BCUT2D eigenvalue weighted by Crippen LogP contribution is 2.15. The molecular formula is C17H22ClFN4O2. The summed E-state index contributed by atoms with van der Waals surface area (Å²) in [5, 5.41) is 0. The Morgan fingerprint density at radius 2 is 1.88 bits per heavy atom. The summed E-state index contributed by atoms with van der Waals surface area (Å²) in [5.41, 5.74) is 0. The smallest absolute Gasteiger partial charge is 0.260 e. The molecule has 1 aliphatic heterocycles. The number of benzene rings is 1. The number of nitrogens with zero attached hydrogens (tertiary/aromatic N) is 4. The van der Waals surface area contributed by atoms with Gasteiger partial charge in [0.05, 0.1) is 0 Å². The molecule has 1 amide bonds. The van der Waals surface area contributed by atoms with Gasteiger partial charge in [-0.25, -0.2) is 9.37 Å². The minimum atomic E-state index is -0.324. The summed E-state index contributed by atoms with van der Waals surface area (Å²) in [7, 11) is 0. The highest BCUT2D eigenvalue weighted by molar-refractivity contribution is 5.85. The van der Waals surface area contributed by atoms with Gasteiger partial charge in [0.1, 0.15) is 11.6 Å². The van der Waals surface area contributed by atoms with Crippen molar-refractivity contribution in [1.29, 1.82) is 0 Å². The lowest BCUT2D eigenvalue weighted by Crippen LogP contribution is -2.50. The average Bonchev–Trinajstić information content (AvgIpc) is 3.10. The number of anilines is 1. The Kier molecular flexibility index (Phi) is 6.64. The third kappa shape index (κ3) is 4.63. The first-order valence-corrected chi connectivity index (χ1v) is 8.09. The number of halogens is 2. The van der Waals surface area contributed by atoms with Crippen LogP contribution in [0.4, 0.5) is 10.3 Å². The van der Waals surface area contributed by atoms with Crippen LogP contribution in [0.2, 0.25) is 0 Å². The molecule has 2 heterocycles. The van der Waals surface area contributed by atoms with E-state index in [-0.39, 0.29) is 30.7 Å². The number of amides is 1. The molecule has 0 spiro atoms. The van der Waals surface area contributed by atoms with Crippen molar-refractivity contribution in [3.8, 4) is 5.75 Å². The standard InChI is InChI=1S/C17H21FN4O2.ClH/c1-2-20-8-7-19-17(20)22-11-9-21(10-12-22)16(23)13-24-15-5-3-14(18)4-6-15;/h3-8H,2,9-13H2,1H3;1H. The molecule has 0 radical (unpaired) electrons. The monoisotopic (exact) mass is 368 g/mol. The molecule has 0 bridgehead atoms. The maximum absolute atomic E-state index is 12.8. The molecule has 1 fully saturated rings. The molecule has 0 saturated carbocycles. The van der Waals surface area contributed by atoms with Gasteiger partial charge >= 0.3 is 0 Å². The lowest BCUT2D eigenvalue weighted by molar-refractivity contribution is -0.133. The Morgan fingerprint density at radius 1 is 1.20 bits per heavy atom. The van der Waals surface area contributed by atoms with Crippen LogP contribution in [0.3, 0.4) is 0 Å². The lowest BCUT2D eigenvalue weighted by atomic mass is 10.3. The van der Waals surface area contributed by atoms with Crippen LogP contribution in [-0.2, 0) is 11.3 Å². The first-order chi connectivity index (χ1) is 11.7. The zero-order chi connectivity index (χ0) is 16.9. The molecule has 2 aromatic rings. The predicted molar refractivity (Wildman–Crippen MR) is 95.8 cm³/mol. The van der Waals surface area contributed by atoms with Crippen LogP contribution in [0.15, 0.2) is 36.7 Å². The van der Waals surface area contributed by atoms with Crippen LogP contribution in [0.1, 0.15) is 6.92 Å². The van der Waals surface area contributed by atoms with E-state index in [1.807, 2.05) is 6.20 Å². The topological polar surface area (TPSA) is 50.6 Å². The van der Waals surface area contributed by atoms with Crippen LogP contribution in [0.25, 0.3) is 0 Å². The summed E-state index contributed by atoms with van der Waals surface area (Å²) in [6.45, 7) is 5.70. The van der Waals surface area contributed by atoms with Crippen LogP contribution in [0, 0.1) is 5.82 Å². The summed E-state index contributed by atoms with van der Waals surface area (Å²) < 4.78 is 20.4. The largest absolute Gasteiger partial charge is 0.484 e. The second kappa shape index (κ2) is 8.71. The zero-order valence-electron chi connectivity index (χ0n) is 14.1. The maximum atomic E-state index is 12.8. The number of piperazine rings is 1. The van der Waals surface area contributed by atoms with Crippen LogP contribution < -0.4 is 9.64 Å². The normalized spacial score (nSPS) is 14.2. The third-order valence-corrected chi connectivity index (χ3v) is 4.13. The highest BCUT2D eigenvalue weighted by Gasteiger charge is 2.23. The molecule has 0 atom stereocenters. The van der Waals surface area contributed by atoms with Gasteiger partial charge in [0.2, 0.25) is 5.95 Å². The Bertz CT molecular complexity index is 684. The molecule has 1 aromatic heterocycles. The predicted octanol–water partition coefficient (Wildman–Crippen LogP) is 2.19. The molecule has 136 valence electrons. The Hall–Kier alpha value is -2.28. The van der Waals surface area contributed by atoms with Gasteiger partial charge in [0.15, 0.2) is 6.61 Å². The van der Waals surface area contributed by atoms with Crippen LogP contribution in [0.5, 0.6) is 5.75 Å². The number of carbonyl (C=O) groups excluding carboxylic acids is 1. The van der Waals surface area contributed by atoms with Gasteiger partial charge in [0, 0.05) is 45.1 Å². The number of hydrogen-bond acceptors (Lipinski definition) is 4. The van der Waals surface area contributed by atoms with Crippen molar-refractivity contribution < 1.29 is 13.9 Å². The Labute approximate surface area is 152 Å². The summed E-state index contributed by atoms with van der Waals surface area (Å²) >= 11 is 0. The van der Waals surface area contributed by atoms with E-state index in [9.17, 15) is 9.18 Å². The number of aryl methyl sites for hydroxylation is 1. The van der Waals surface area contributed by atoms with Crippen molar-refractivity contribution in [3.05, 3.63) is 42.5 Å². The van der Waals surface area contributed by atoms with Crippen molar-refractivity contribution in [2.24, 2.45) is 0 Å². The van der Waals surface area contributed by atoms with E-state index >= 15 is 0 Å². The number of imidazole rings is 1. The average molecular weight is 369 g/mol. The number of hydrogen-bond donors (Lipinski definition) is 0. The second-order valence-corrected chi connectivity index (χ2v) is 5.62. The summed E-state index contributed by atoms with van der Waals surface area (Å²) in [4.78, 5) is 20.6. The van der Waals surface area contributed by atoms with Gasteiger partial charge < -0.3 is 19.1 Å². The van der Waals surface area contributed by atoms with E-state index in [4.69, 9.17) is 4.74 Å². The van der Waals surface area contributed by atoms with Gasteiger partial charge in [0.25, 0.3) is 5.91 Å². The minimum absolute atomic E-state index is 0. The molecule has 1 aliphatic rings. The molecule has 3 rings (SSSR count). The van der Waals surface area contributed by atoms with Gasteiger partial charge in [-0.15, -0.1) is 12.4 Å². The highest BCUT2D eigenvalue weighted by atomic mass is 35.5. The number of aromatic nitrogens is 2. The molecule has 6 nitrogen and oxygen atoms in total. The summed E-state index contributed by atoms with van der Waals surface area (Å²) in [6, 6.07) is 5.67. The van der Waals surface area contributed by atoms with Crippen LogP contribution >= 0.6 is 12.4 Å². The van der Waals surface area contributed by atoms with Crippen molar-refractivity contribution in [3.63, 3.8) is 0 Å². The molecule has 0 N–H and O–H groups in total. The quantitative estimate of drug-likeness (QED) is 0.811. The van der Waals surface area contributed by atoms with E-state index in [0.29, 0.717) is 18.8 Å². The molecule has 1 saturated heterocycles. The minimum Gasteiger partial charge on any atom is -0.484 e. The van der Waals surface area contributed by atoms with E-state index in [1.165, 1.54) is 24.3 Å². The first kappa shape index (κ1) is 19.1. The van der Waals surface area contributed by atoms with Gasteiger partial charge in [-0.1, -0.05) is 0 Å². The zero-order valence-corrected chi connectivity index (χ0v) is 14.9. The number of ether oxygens (including phenoxy) is 1. The molecule has 25 heavy (non-hydrogen) atoms.